The van der Waals surface area contributed by atoms with Crippen LogP contribution in [0.2, 0.25) is 0 Å². The van der Waals surface area contributed by atoms with Gasteiger partial charge >= 0.3 is 0 Å². The number of nitriles is 1. The Balaban J connectivity index is 1.58. The van der Waals surface area contributed by atoms with Crippen molar-refractivity contribution in [2.45, 2.75) is 18.4 Å². The smallest absolute Gasteiger partial charge is 0.128 e. The monoisotopic (exact) mass is 330 g/mol. The maximum atomic E-state index is 11.3. The minimum absolute atomic E-state index is 0.557. The highest BCUT2D eigenvalue weighted by Crippen LogP contribution is 2.37. The van der Waals surface area contributed by atoms with Crippen LogP contribution in [-0.2, 0) is 5.60 Å². The van der Waals surface area contributed by atoms with Crippen LogP contribution < -0.4 is 4.90 Å². The molecule has 1 aromatic carbocycles. The maximum Gasteiger partial charge on any atom is 0.128 e. The van der Waals surface area contributed by atoms with Crippen molar-refractivity contribution in [2.75, 3.05) is 18.0 Å². The number of piperidine rings is 1. The van der Waals surface area contributed by atoms with Crippen molar-refractivity contribution in [3.05, 3.63) is 66.1 Å². The fourth-order valence-electron chi connectivity index (χ4n) is 3.54. The van der Waals surface area contributed by atoms with Gasteiger partial charge in [-0.25, -0.2) is 4.98 Å². The zero-order valence-corrected chi connectivity index (χ0v) is 13.8. The molecular weight excluding hydrogens is 312 g/mol. The molecular formula is C20H18N4O. The molecule has 5 heteroatoms. The van der Waals surface area contributed by atoms with Crippen LogP contribution in [0.5, 0.6) is 0 Å². The summed E-state index contributed by atoms with van der Waals surface area (Å²) in [4.78, 5) is 10.7. The maximum absolute atomic E-state index is 11.3. The lowest BCUT2D eigenvalue weighted by atomic mass is 9.82. The first-order valence-corrected chi connectivity index (χ1v) is 8.36. The summed E-state index contributed by atoms with van der Waals surface area (Å²) >= 11 is 0. The van der Waals surface area contributed by atoms with E-state index >= 15 is 0 Å². The summed E-state index contributed by atoms with van der Waals surface area (Å²) in [6.45, 7) is 1.44. The van der Waals surface area contributed by atoms with Crippen LogP contribution in [-0.4, -0.2) is 28.2 Å². The van der Waals surface area contributed by atoms with Gasteiger partial charge in [0.2, 0.25) is 0 Å². The molecule has 0 saturated carbocycles. The summed E-state index contributed by atoms with van der Waals surface area (Å²) in [5, 5.41) is 22.3. The van der Waals surface area contributed by atoms with E-state index in [2.05, 4.69) is 20.9 Å². The summed E-state index contributed by atoms with van der Waals surface area (Å²) in [5.41, 5.74) is 0.686. The molecule has 0 atom stereocenters. The molecule has 5 nitrogen and oxygen atoms in total. The van der Waals surface area contributed by atoms with Crippen molar-refractivity contribution in [2.24, 2.45) is 0 Å². The summed E-state index contributed by atoms with van der Waals surface area (Å²) in [5.74, 6) is 0.850. The second-order valence-corrected chi connectivity index (χ2v) is 6.44. The van der Waals surface area contributed by atoms with Crippen LogP contribution in [0, 0.1) is 11.3 Å². The van der Waals surface area contributed by atoms with Gasteiger partial charge in [0.05, 0.1) is 11.2 Å². The van der Waals surface area contributed by atoms with Gasteiger partial charge in [-0.05, 0) is 42.0 Å². The summed E-state index contributed by atoms with van der Waals surface area (Å²) in [7, 11) is 0. The third-order valence-electron chi connectivity index (χ3n) is 4.97. The third-order valence-corrected chi connectivity index (χ3v) is 4.97. The van der Waals surface area contributed by atoms with Crippen molar-refractivity contribution in [1.29, 1.82) is 5.26 Å². The Morgan fingerprint density at radius 3 is 2.64 bits per heavy atom. The third kappa shape index (κ3) is 2.81. The predicted molar refractivity (Wildman–Crippen MR) is 96.0 cm³/mol. The predicted octanol–water partition coefficient (Wildman–Crippen LogP) is 2.99. The van der Waals surface area contributed by atoms with E-state index in [9.17, 15) is 5.11 Å². The number of rotatable bonds is 2. The first-order chi connectivity index (χ1) is 12.2. The van der Waals surface area contributed by atoms with Crippen molar-refractivity contribution >= 4 is 16.6 Å². The lowest BCUT2D eigenvalue weighted by Gasteiger charge is -2.39. The topological polar surface area (TPSA) is 73.0 Å². The van der Waals surface area contributed by atoms with E-state index in [0.717, 1.165) is 35.2 Å². The first-order valence-electron chi connectivity index (χ1n) is 8.36. The quantitative estimate of drug-likeness (QED) is 0.782. The van der Waals surface area contributed by atoms with Gasteiger partial charge in [-0.1, -0.05) is 18.2 Å². The molecule has 4 rings (SSSR count). The highest BCUT2D eigenvalue weighted by atomic mass is 16.3. The van der Waals surface area contributed by atoms with Gasteiger partial charge in [0.1, 0.15) is 11.9 Å². The van der Waals surface area contributed by atoms with E-state index in [1.165, 1.54) is 0 Å². The number of hydrogen-bond acceptors (Lipinski definition) is 5. The Morgan fingerprint density at radius 2 is 1.92 bits per heavy atom. The molecule has 1 aliphatic heterocycles. The molecule has 25 heavy (non-hydrogen) atoms. The van der Waals surface area contributed by atoms with Crippen LogP contribution in [0.15, 0.2) is 55.0 Å². The van der Waals surface area contributed by atoms with Crippen LogP contribution in [0.1, 0.15) is 24.0 Å². The molecule has 3 aromatic rings. The molecule has 1 N–H and O–H groups in total. The van der Waals surface area contributed by atoms with Crippen molar-refractivity contribution in [3.8, 4) is 6.07 Å². The Kier molecular flexibility index (Phi) is 3.83. The van der Waals surface area contributed by atoms with E-state index < -0.39 is 5.60 Å². The van der Waals surface area contributed by atoms with Gasteiger partial charge < -0.3 is 10.0 Å². The SMILES string of the molecule is N#Cc1ccc(N2CCC(O)(c3cccc4cnccc34)CC2)nc1. The summed E-state index contributed by atoms with van der Waals surface area (Å²) < 4.78 is 0. The zero-order valence-electron chi connectivity index (χ0n) is 13.8. The number of fused-ring (bicyclic) bond motifs is 1. The van der Waals surface area contributed by atoms with E-state index in [1.54, 1.807) is 18.5 Å². The molecule has 124 valence electrons. The number of nitrogens with zero attached hydrogens (tertiary/aromatic N) is 4. The van der Waals surface area contributed by atoms with E-state index in [-0.39, 0.29) is 0 Å². The van der Waals surface area contributed by atoms with Gasteiger partial charge in [0.25, 0.3) is 0 Å². The lowest BCUT2D eigenvalue weighted by Crippen LogP contribution is -2.43. The zero-order chi connectivity index (χ0) is 17.3. The van der Waals surface area contributed by atoms with Crippen molar-refractivity contribution < 1.29 is 5.11 Å². The first kappa shape index (κ1) is 15.6. The second kappa shape index (κ2) is 6.15. The number of aromatic nitrogens is 2. The molecule has 2 aromatic heterocycles. The number of pyridine rings is 2. The van der Waals surface area contributed by atoms with E-state index in [0.29, 0.717) is 18.4 Å². The largest absolute Gasteiger partial charge is 0.385 e. The molecule has 1 aliphatic rings. The Hall–Kier alpha value is -2.97. The van der Waals surface area contributed by atoms with E-state index in [4.69, 9.17) is 5.26 Å². The second-order valence-electron chi connectivity index (χ2n) is 6.44. The van der Waals surface area contributed by atoms with Crippen molar-refractivity contribution in [1.82, 2.24) is 9.97 Å². The van der Waals surface area contributed by atoms with Gasteiger partial charge in [-0.15, -0.1) is 0 Å². The fraction of sp³-hybridized carbons (Fsp3) is 0.250. The van der Waals surface area contributed by atoms with Crippen LogP contribution >= 0.6 is 0 Å². The average molecular weight is 330 g/mol. The highest BCUT2D eigenvalue weighted by Gasteiger charge is 2.35. The molecule has 0 spiro atoms. The highest BCUT2D eigenvalue weighted by molar-refractivity contribution is 5.85. The van der Waals surface area contributed by atoms with E-state index in [1.807, 2.05) is 36.5 Å². The van der Waals surface area contributed by atoms with Gasteiger partial charge in [0.15, 0.2) is 0 Å². The van der Waals surface area contributed by atoms with Crippen molar-refractivity contribution in [3.63, 3.8) is 0 Å². The molecule has 0 unspecified atom stereocenters. The standard InChI is InChI=1S/C20H18N4O/c21-12-15-4-5-19(23-13-15)24-10-7-20(25,8-11-24)18-3-1-2-16-14-22-9-6-17(16)18/h1-6,9,13-14,25H,7-8,10-11H2. The molecule has 1 saturated heterocycles. The Morgan fingerprint density at radius 1 is 1.08 bits per heavy atom. The fourth-order valence-corrected chi connectivity index (χ4v) is 3.54. The number of benzene rings is 1. The number of aliphatic hydroxyl groups is 1. The number of hydrogen-bond donors (Lipinski definition) is 1. The van der Waals surface area contributed by atoms with Gasteiger partial charge in [-0.2, -0.15) is 5.26 Å². The lowest BCUT2D eigenvalue weighted by molar-refractivity contribution is 0.0131. The molecule has 1 fully saturated rings. The summed E-state index contributed by atoms with van der Waals surface area (Å²) in [6.07, 6.45) is 6.46. The summed E-state index contributed by atoms with van der Waals surface area (Å²) in [6, 6.07) is 13.7. The Labute approximate surface area is 146 Å². The molecule has 0 radical (unpaired) electrons. The van der Waals surface area contributed by atoms with Crippen LogP contribution in [0.4, 0.5) is 5.82 Å². The van der Waals surface area contributed by atoms with Crippen LogP contribution in [0.25, 0.3) is 10.8 Å². The van der Waals surface area contributed by atoms with Gasteiger partial charge in [-0.3, -0.25) is 4.98 Å². The minimum atomic E-state index is -0.843. The Bertz CT molecular complexity index is 933. The molecule has 3 heterocycles. The molecule has 0 amide bonds. The van der Waals surface area contributed by atoms with Crippen LogP contribution in [0.3, 0.4) is 0 Å². The van der Waals surface area contributed by atoms with Gasteiger partial charge in [0, 0.05) is 37.1 Å². The normalized spacial score (nSPS) is 16.6. The average Bonchev–Trinajstić information content (AvgIpc) is 2.68. The number of anilines is 1. The minimum Gasteiger partial charge on any atom is -0.385 e. The molecule has 0 bridgehead atoms. The molecule has 0 aliphatic carbocycles.